The van der Waals surface area contributed by atoms with E-state index in [2.05, 4.69) is 34.3 Å². The minimum atomic E-state index is -0.173. The quantitative estimate of drug-likeness (QED) is 0.294. The molecule has 0 aromatic heterocycles. The van der Waals surface area contributed by atoms with Gasteiger partial charge in [-0.1, -0.05) is 25.5 Å². The van der Waals surface area contributed by atoms with Gasteiger partial charge in [-0.3, -0.25) is 19.5 Å². The molecule has 2 N–H and O–H groups in total. The van der Waals surface area contributed by atoms with Crippen LogP contribution < -0.4 is 10.6 Å². The lowest BCUT2D eigenvalue weighted by Crippen LogP contribution is -2.46. The first-order valence-corrected chi connectivity index (χ1v) is 11.7. The Morgan fingerprint density at radius 2 is 1.90 bits per heavy atom. The Labute approximate surface area is 177 Å². The normalized spacial score (nSPS) is 22.0. The van der Waals surface area contributed by atoms with Crippen molar-refractivity contribution in [2.75, 3.05) is 25.9 Å². The Hall–Kier alpha value is -2.02. The standard InChI is InChI=1S/C22H32N4O2S/c1-3-29-17-10-8-9-16(15-17)25-22(23-2)24-13-6-7-14-26-20(27)18-11-4-5-12-19(18)21(26)28/h4-5,11-12,16-17H,3,6-10,13-15H2,1-2H3,(H2,23,24,25). The molecule has 0 spiro atoms. The SMILES string of the molecule is CCSC1CCCC(NC(=NC)NCCCCN2C(=O)c3ccccc3C2=O)C1. The molecule has 0 bridgehead atoms. The molecule has 0 saturated heterocycles. The second kappa shape index (κ2) is 10.7. The van der Waals surface area contributed by atoms with Gasteiger partial charge in [-0.25, -0.2) is 0 Å². The lowest BCUT2D eigenvalue weighted by Gasteiger charge is -2.30. The van der Waals surface area contributed by atoms with Crippen LogP contribution in [0.4, 0.5) is 0 Å². The lowest BCUT2D eigenvalue weighted by molar-refractivity contribution is 0.0652. The molecule has 1 saturated carbocycles. The lowest BCUT2D eigenvalue weighted by atomic mass is 9.95. The number of benzene rings is 1. The fourth-order valence-corrected chi connectivity index (χ4v) is 5.27. The summed E-state index contributed by atoms with van der Waals surface area (Å²) >= 11 is 2.06. The first-order valence-electron chi connectivity index (χ1n) is 10.7. The van der Waals surface area contributed by atoms with Gasteiger partial charge in [0.15, 0.2) is 5.96 Å². The van der Waals surface area contributed by atoms with E-state index < -0.39 is 0 Å². The number of hydrogen-bond acceptors (Lipinski definition) is 4. The van der Waals surface area contributed by atoms with E-state index in [4.69, 9.17) is 0 Å². The van der Waals surface area contributed by atoms with Crippen LogP contribution in [0.5, 0.6) is 0 Å². The predicted octanol–water partition coefficient (Wildman–Crippen LogP) is 3.29. The van der Waals surface area contributed by atoms with Gasteiger partial charge in [-0.2, -0.15) is 11.8 Å². The molecule has 2 unspecified atom stereocenters. The van der Waals surface area contributed by atoms with Crippen molar-refractivity contribution in [1.82, 2.24) is 15.5 Å². The second-order valence-corrected chi connectivity index (χ2v) is 9.18. The van der Waals surface area contributed by atoms with E-state index in [1.54, 1.807) is 31.3 Å². The number of guanidine groups is 1. The maximum Gasteiger partial charge on any atom is 0.261 e. The summed E-state index contributed by atoms with van der Waals surface area (Å²) in [5.41, 5.74) is 1.04. The van der Waals surface area contributed by atoms with Crippen molar-refractivity contribution in [3.05, 3.63) is 35.4 Å². The van der Waals surface area contributed by atoms with Gasteiger partial charge in [0.2, 0.25) is 0 Å². The molecule has 1 aromatic carbocycles. The molecular weight excluding hydrogens is 384 g/mol. The molecule has 1 fully saturated rings. The van der Waals surface area contributed by atoms with Gasteiger partial charge in [0, 0.05) is 31.4 Å². The number of amides is 2. The molecule has 6 nitrogen and oxygen atoms in total. The van der Waals surface area contributed by atoms with Gasteiger partial charge < -0.3 is 10.6 Å². The summed E-state index contributed by atoms with van der Waals surface area (Å²) < 4.78 is 0. The molecule has 0 radical (unpaired) electrons. The third-order valence-electron chi connectivity index (χ3n) is 5.57. The van der Waals surface area contributed by atoms with Crippen molar-refractivity contribution < 1.29 is 9.59 Å². The Morgan fingerprint density at radius 1 is 1.17 bits per heavy atom. The zero-order valence-electron chi connectivity index (χ0n) is 17.4. The zero-order valence-corrected chi connectivity index (χ0v) is 18.3. The molecule has 1 aliphatic heterocycles. The van der Waals surface area contributed by atoms with E-state index in [0.717, 1.165) is 30.6 Å². The highest BCUT2D eigenvalue weighted by atomic mass is 32.2. The molecule has 3 rings (SSSR count). The largest absolute Gasteiger partial charge is 0.356 e. The third-order valence-corrected chi connectivity index (χ3v) is 6.80. The number of rotatable bonds is 8. The van der Waals surface area contributed by atoms with Crippen molar-refractivity contribution in [3.8, 4) is 0 Å². The van der Waals surface area contributed by atoms with E-state index in [1.807, 2.05) is 0 Å². The van der Waals surface area contributed by atoms with Crippen LogP contribution in [0.3, 0.4) is 0 Å². The van der Waals surface area contributed by atoms with E-state index >= 15 is 0 Å². The Kier molecular flexibility index (Phi) is 7.98. The summed E-state index contributed by atoms with van der Waals surface area (Å²) in [5.74, 6) is 1.68. The summed E-state index contributed by atoms with van der Waals surface area (Å²) in [6, 6.07) is 7.53. The van der Waals surface area contributed by atoms with Gasteiger partial charge in [-0.15, -0.1) is 0 Å². The average molecular weight is 417 g/mol. The summed E-state index contributed by atoms with van der Waals surface area (Å²) in [4.78, 5) is 30.5. The van der Waals surface area contributed by atoms with Gasteiger partial charge >= 0.3 is 0 Å². The van der Waals surface area contributed by atoms with Crippen molar-refractivity contribution in [2.24, 2.45) is 4.99 Å². The van der Waals surface area contributed by atoms with Gasteiger partial charge in [0.25, 0.3) is 11.8 Å². The Balaban J connectivity index is 1.37. The van der Waals surface area contributed by atoms with Crippen LogP contribution in [0.1, 0.15) is 66.2 Å². The molecule has 1 heterocycles. The van der Waals surface area contributed by atoms with Gasteiger partial charge in [0.1, 0.15) is 0 Å². The van der Waals surface area contributed by atoms with Crippen LogP contribution in [-0.4, -0.2) is 59.9 Å². The number of hydrogen-bond donors (Lipinski definition) is 2. The molecule has 2 atom stereocenters. The second-order valence-electron chi connectivity index (χ2n) is 7.60. The molecule has 1 aromatic rings. The van der Waals surface area contributed by atoms with Crippen molar-refractivity contribution in [1.29, 1.82) is 0 Å². The summed E-state index contributed by atoms with van der Waals surface area (Å²) in [6.07, 6.45) is 6.62. The number of nitrogens with one attached hydrogen (secondary N) is 2. The van der Waals surface area contributed by atoms with Crippen molar-refractivity contribution in [2.45, 2.75) is 56.7 Å². The Bertz CT molecular complexity index is 715. The highest BCUT2D eigenvalue weighted by molar-refractivity contribution is 7.99. The van der Waals surface area contributed by atoms with Crippen LogP contribution in [-0.2, 0) is 0 Å². The van der Waals surface area contributed by atoms with Crippen LogP contribution in [0.2, 0.25) is 0 Å². The number of thioether (sulfide) groups is 1. The maximum absolute atomic E-state index is 12.4. The number of nitrogens with zero attached hydrogens (tertiary/aromatic N) is 2. The van der Waals surface area contributed by atoms with Crippen molar-refractivity contribution >= 4 is 29.5 Å². The third kappa shape index (κ3) is 5.53. The first-order chi connectivity index (χ1) is 14.1. The van der Waals surface area contributed by atoms with E-state index in [-0.39, 0.29) is 11.8 Å². The van der Waals surface area contributed by atoms with Crippen LogP contribution in [0.25, 0.3) is 0 Å². The maximum atomic E-state index is 12.4. The average Bonchev–Trinajstić information content (AvgIpc) is 2.98. The number of fused-ring (bicyclic) bond motifs is 1. The molecule has 1 aliphatic carbocycles. The van der Waals surface area contributed by atoms with Gasteiger partial charge in [-0.05, 0) is 50.0 Å². The molecule has 2 aliphatic rings. The molecule has 29 heavy (non-hydrogen) atoms. The molecule has 158 valence electrons. The van der Waals surface area contributed by atoms with Crippen LogP contribution in [0.15, 0.2) is 29.3 Å². The highest BCUT2D eigenvalue weighted by Crippen LogP contribution is 2.28. The summed E-state index contributed by atoms with van der Waals surface area (Å²) in [6.45, 7) is 3.45. The smallest absolute Gasteiger partial charge is 0.261 e. The zero-order chi connectivity index (χ0) is 20.6. The molecular formula is C22H32N4O2S. The summed E-state index contributed by atoms with van der Waals surface area (Å²) in [7, 11) is 1.80. The predicted molar refractivity (Wildman–Crippen MR) is 120 cm³/mol. The fraction of sp³-hybridized carbons (Fsp3) is 0.591. The van der Waals surface area contributed by atoms with Crippen LogP contribution in [0, 0.1) is 0 Å². The highest BCUT2D eigenvalue weighted by Gasteiger charge is 2.34. The number of unbranched alkanes of at least 4 members (excludes halogenated alkanes) is 1. The van der Waals surface area contributed by atoms with E-state index in [1.165, 1.54) is 36.3 Å². The monoisotopic (exact) mass is 416 g/mol. The first kappa shape index (κ1) is 21.7. The molecule has 7 heteroatoms. The number of imide groups is 1. The minimum absolute atomic E-state index is 0.173. The summed E-state index contributed by atoms with van der Waals surface area (Å²) in [5, 5.41) is 7.68. The number of aliphatic imine (C=N–C) groups is 1. The topological polar surface area (TPSA) is 73.8 Å². The van der Waals surface area contributed by atoms with Crippen molar-refractivity contribution in [3.63, 3.8) is 0 Å². The number of carbonyl (C=O) groups excluding carboxylic acids is 2. The minimum Gasteiger partial charge on any atom is -0.356 e. The van der Waals surface area contributed by atoms with E-state index in [0.29, 0.717) is 23.7 Å². The Morgan fingerprint density at radius 3 is 2.55 bits per heavy atom. The van der Waals surface area contributed by atoms with E-state index in [9.17, 15) is 9.59 Å². The number of carbonyl (C=O) groups is 2. The molecule has 2 amide bonds. The fourth-order valence-electron chi connectivity index (χ4n) is 4.10. The van der Waals surface area contributed by atoms with Gasteiger partial charge in [0.05, 0.1) is 11.1 Å². The van der Waals surface area contributed by atoms with Crippen LogP contribution >= 0.6 is 11.8 Å².